The summed E-state index contributed by atoms with van der Waals surface area (Å²) in [5, 5.41) is 2.03. The lowest BCUT2D eigenvalue weighted by Gasteiger charge is -2.27. The van der Waals surface area contributed by atoms with Crippen molar-refractivity contribution in [2.24, 2.45) is 0 Å². The number of nitrogens with zero attached hydrogens (tertiary/aromatic N) is 2. The summed E-state index contributed by atoms with van der Waals surface area (Å²) in [7, 11) is 0. The zero-order valence-corrected chi connectivity index (χ0v) is 9.61. The number of hydrogen-bond donors (Lipinski definition) is 2. The van der Waals surface area contributed by atoms with E-state index in [4.69, 9.17) is 4.74 Å². The summed E-state index contributed by atoms with van der Waals surface area (Å²) in [5.74, 6) is 1.90. The minimum absolute atomic E-state index is 0.0855. The molecule has 6 heteroatoms. The Labute approximate surface area is 99.0 Å². The van der Waals surface area contributed by atoms with Gasteiger partial charge in [-0.2, -0.15) is 0 Å². The number of nitrogens with one attached hydrogen (secondary N) is 2. The molecule has 0 aromatic carbocycles. The second-order valence-electron chi connectivity index (χ2n) is 4.50. The van der Waals surface area contributed by atoms with Crippen LogP contribution in [0.1, 0.15) is 24.6 Å². The van der Waals surface area contributed by atoms with Gasteiger partial charge in [-0.3, -0.25) is 4.79 Å². The summed E-state index contributed by atoms with van der Waals surface area (Å²) >= 11 is 0. The van der Waals surface area contributed by atoms with Gasteiger partial charge in [-0.1, -0.05) is 0 Å². The van der Waals surface area contributed by atoms with Gasteiger partial charge in [-0.15, -0.1) is 0 Å². The number of aromatic nitrogens is 2. The Kier molecular flexibility index (Phi) is 2.82. The first-order chi connectivity index (χ1) is 8.31. The zero-order chi connectivity index (χ0) is 11.7. The van der Waals surface area contributed by atoms with Crippen LogP contribution in [0, 0.1) is 0 Å². The molecule has 2 aliphatic rings. The van der Waals surface area contributed by atoms with Crippen LogP contribution >= 0.6 is 0 Å². The maximum atomic E-state index is 11.5. The van der Waals surface area contributed by atoms with Gasteiger partial charge in [0.25, 0.3) is 5.56 Å². The lowest BCUT2D eigenvalue weighted by atomic mass is 10.4. The molecule has 1 aromatic heterocycles. The Morgan fingerprint density at radius 3 is 2.88 bits per heavy atom. The van der Waals surface area contributed by atoms with Crippen LogP contribution in [0.15, 0.2) is 10.9 Å². The van der Waals surface area contributed by atoms with Crippen LogP contribution in [-0.2, 0) is 4.74 Å². The van der Waals surface area contributed by atoms with E-state index in [1.165, 1.54) is 6.07 Å². The molecule has 0 amide bonds. The maximum absolute atomic E-state index is 11.5. The lowest BCUT2D eigenvalue weighted by molar-refractivity contribution is 0.0494. The quantitative estimate of drug-likeness (QED) is 0.790. The van der Waals surface area contributed by atoms with Crippen molar-refractivity contribution in [3.05, 3.63) is 22.2 Å². The fourth-order valence-electron chi connectivity index (χ4n) is 1.92. The average molecular weight is 236 g/mol. The fourth-order valence-corrected chi connectivity index (χ4v) is 1.92. The topological polar surface area (TPSA) is 70.2 Å². The highest BCUT2D eigenvalue weighted by Crippen LogP contribution is 2.37. The van der Waals surface area contributed by atoms with Crippen LogP contribution in [0.5, 0.6) is 0 Å². The highest BCUT2D eigenvalue weighted by molar-refractivity contribution is 5.32. The number of aromatic amines is 1. The fraction of sp³-hybridized carbons (Fsp3) is 0.636. The molecule has 3 rings (SSSR count). The molecule has 0 bridgehead atoms. The Morgan fingerprint density at radius 1 is 1.41 bits per heavy atom. The van der Waals surface area contributed by atoms with Gasteiger partial charge >= 0.3 is 0 Å². The lowest BCUT2D eigenvalue weighted by Crippen LogP contribution is -2.40. The third-order valence-electron chi connectivity index (χ3n) is 3.01. The Balaban J connectivity index is 1.74. The zero-order valence-electron chi connectivity index (χ0n) is 9.61. The summed E-state index contributed by atoms with van der Waals surface area (Å²) < 4.78 is 5.26. The molecule has 6 nitrogen and oxygen atoms in total. The Hall–Kier alpha value is -1.40. The number of anilines is 1. The second kappa shape index (κ2) is 4.46. The molecule has 2 fully saturated rings. The van der Waals surface area contributed by atoms with Crippen molar-refractivity contribution in [3.63, 3.8) is 0 Å². The van der Waals surface area contributed by atoms with E-state index in [-0.39, 0.29) is 5.56 Å². The summed E-state index contributed by atoms with van der Waals surface area (Å²) in [5.41, 5.74) is 3.08. The molecule has 1 aliphatic carbocycles. The van der Waals surface area contributed by atoms with E-state index in [0.29, 0.717) is 24.9 Å². The first kappa shape index (κ1) is 10.7. The van der Waals surface area contributed by atoms with E-state index in [9.17, 15) is 4.79 Å². The first-order valence-corrected chi connectivity index (χ1v) is 6.02. The third-order valence-corrected chi connectivity index (χ3v) is 3.01. The van der Waals surface area contributed by atoms with Gasteiger partial charge in [0.2, 0.25) is 0 Å². The number of hydrazine groups is 1. The number of H-pyrrole nitrogens is 1. The summed E-state index contributed by atoms with van der Waals surface area (Å²) in [6.45, 7) is 3.05. The van der Waals surface area contributed by atoms with Gasteiger partial charge in [0.1, 0.15) is 11.6 Å². The molecule has 0 spiro atoms. The third kappa shape index (κ3) is 2.65. The van der Waals surface area contributed by atoms with Gasteiger partial charge in [0.05, 0.1) is 13.2 Å². The SMILES string of the molecule is O=c1cc(NN2CCOCC2)nc(C2CC2)[nH]1. The number of morpholine rings is 1. The van der Waals surface area contributed by atoms with Gasteiger partial charge in [-0.05, 0) is 12.8 Å². The maximum Gasteiger partial charge on any atom is 0.253 e. The minimum atomic E-state index is -0.0855. The van der Waals surface area contributed by atoms with Crippen molar-refractivity contribution in [2.75, 3.05) is 31.7 Å². The van der Waals surface area contributed by atoms with Gasteiger partial charge in [0.15, 0.2) is 0 Å². The van der Waals surface area contributed by atoms with Crippen LogP contribution in [0.4, 0.5) is 5.82 Å². The van der Waals surface area contributed by atoms with E-state index in [2.05, 4.69) is 15.4 Å². The van der Waals surface area contributed by atoms with Crippen LogP contribution in [0.2, 0.25) is 0 Å². The molecule has 2 heterocycles. The second-order valence-corrected chi connectivity index (χ2v) is 4.50. The van der Waals surface area contributed by atoms with E-state index in [1.807, 2.05) is 5.01 Å². The number of hydrogen-bond acceptors (Lipinski definition) is 5. The van der Waals surface area contributed by atoms with E-state index >= 15 is 0 Å². The standard InChI is InChI=1S/C11H16N4O2/c16-10-7-9(12-11(13-10)8-1-2-8)14-15-3-5-17-6-4-15/h7-8H,1-6H2,(H2,12,13,14,16). The van der Waals surface area contributed by atoms with Gasteiger partial charge in [0, 0.05) is 25.1 Å². The molecule has 0 radical (unpaired) electrons. The highest BCUT2D eigenvalue weighted by Gasteiger charge is 2.26. The molecule has 2 N–H and O–H groups in total. The Morgan fingerprint density at radius 2 is 2.18 bits per heavy atom. The van der Waals surface area contributed by atoms with Crippen LogP contribution in [0.25, 0.3) is 0 Å². The molecular weight excluding hydrogens is 220 g/mol. The smallest absolute Gasteiger partial charge is 0.253 e. The van der Waals surface area contributed by atoms with E-state index in [1.54, 1.807) is 0 Å². The summed E-state index contributed by atoms with van der Waals surface area (Å²) in [6, 6.07) is 1.50. The van der Waals surface area contributed by atoms with Crippen LogP contribution in [0.3, 0.4) is 0 Å². The highest BCUT2D eigenvalue weighted by atomic mass is 16.5. The van der Waals surface area contributed by atoms with Gasteiger partial charge < -0.3 is 15.1 Å². The molecular formula is C11H16N4O2. The predicted molar refractivity (Wildman–Crippen MR) is 62.8 cm³/mol. The van der Waals surface area contributed by atoms with Crippen molar-refractivity contribution < 1.29 is 4.74 Å². The number of rotatable bonds is 3. The van der Waals surface area contributed by atoms with Crippen molar-refractivity contribution in [1.29, 1.82) is 0 Å². The van der Waals surface area contributed by atoms with Crippen LogP contribution < -0.4 is 11.0 Å². The first-order valence-electron chi connectivity index (χ1n) is 6.02. The van der Waals surface area contributed by atoms with E-state index in [0.717, 1.165) is 31.8 Å². The summed E-state index contributed by atoms with van der Waals surface area (Å²) in [4.78, 5) is 18.7. The van der Waals surface area contributed by atoms with Crippen molar-refractivity contribution in [3.8, 4) is 0 Å². The molecule has 1 aliphatic heterocycles. The molecule has 1 saturated heterocycles. The normalized spacial score (nSPS) is 21.4. The molecule has 92 valence electrons. The molecule has 0 unspecified atom stereocenters. The molecule has 17 heavy (non-hydrogen) atoms. The van der Waals surface area contributed by atoms with Crippen molar-refractivity contribution in [1.82, 2.24) is 15.0 Å². The Bertz CT molecular complexity index is 449. The molecule has 1 aromatic rings. The van der Waals surface area contributed by atoms with Crippen LogP contribution in [-0.4, -0.2) is 41.3 Å². The summed E-state index contributed by atoms with van der Waals surface area (Å²) in [6.07, 6.45) is 2.26. The van der Waals surface area contributed by atoms with Crippen molar-refractivity contribution >= 4 is 5.82 Å². The monoisotopic (exact) mass is 236 g/mol. The molecule has 0 atom stereocenters. The van der Waals surface area contributed by atoms with Gasteiger partial charge in [-0.25, -0.2) is 9.99 Å². The van der Waals surface area contributed by atoms with E-state index < -0.39 is 0 Å². The average Bonchev–Trinajstić information content (AvgIpc) is 3.13. The predicted octanol–water partition coefficient (Wildman–Crippen LogP) is 0.306. The largest absolute Gasteiger partial charge is 0.379 e. The number of ether oxygens (including phenoxy) is 1. The minimum Gasteiger partial charge on any atom is -0.379 e. The molecule has 1 saturated carbocycles. The van der Waals surface area contributed by atoms with Crippen molar-refractivity contribution in [2.45, 2.75) is 18.8 Å².